The molecule has 0 aromatic heterocycles. The zero-order valence-electron chi connectivity index (χ0n) is 16.7. The van der Waals surface area contributed by atoms with Crippen molar-refractivity contribution in [3.8, 4) is 5.75 Å². The molecule has 0 saturated carbocycles. The molecular formula is C21H32BrNO3. The van der Waals surface area contributed by atoms with Gasteiger partial charge in [0.25, 0.3) is 0 Å². The molecule has 1 aromatic carbocycles. The number of likely N-dealkylation sites (tertiary alicyclic amines) is 1. The predicted molar refractivity (Wildman–Crippen MR) is 109 cm³/mol. The molecule has 1 heterocycles. The lowest BCUT2D eigenvalue weighted by atomic mass is 9.88. The number of amides is 1. The van der Waals surface area contributed by atoms with Gasteiger partial charge < -0.3 is 14.4 Å². The predicted octanol–water partition coefficient (Wildman–Crippen LogP) is 5.95. The normalized spacial score (nSPS) is 20.8. The number of hydrogen-bond acceptors (Lipinski definition) is 3. The molecule has 0 aliphatic carbocycles. The summed E-state index contributed by atoms with van der Waals surface area (Å²) in [7, 11) is 0. The number of carbonyl (C=O) groups is 1. The summed E-state index contributed by atoms with van der Waals surface area (Å²) in [6, 6.07) is 6.32. The van der Waals surface area contributed by atoms with Crippen LogP contribution in [0.2, 0.25) is 0 Å². The lowest BCUT2D eigenvalue weighted by Gasteiger charge is -2.38. The second-order valence-electron chi connectivity index (χ2n) is 8.31. The summed E-state index contributed by atoms with van der Waals surface area (Å²) in [5, 5.41) is 0. The molecule has 146 valence electrons. The minimum absolute atomic E-state index is 0.183. The molecule has 5 heteroatoms. The van der Waals surface area contributed by atoms with Crippen molar-refractivity contribution < 1.29 is 14.3 Å². The zero-order valence-corrected chi connectivity index (χ0v) is 18.3. The quantitative estimate of drug-likeness (QED) is 0.546. The van der Waals surface area contributed by atoms with Crippen molar-refractivity contribution in [3.05, 3.63) is 28.2 Å². The molecule has 1 aliphatic rings. The van der Waals surface area contributed by atoms with E-state index in [4.69, 9.17) is 9.47 Å². The Morgan fingerprint density at radius 2 is 2.08 bits per heavy atom. The summed E-state index contributed by atoms with van der Waals surface area (Å²) in [6.45, 7) is 11.4. The van der Waals surface area contributed by atoms with Crippen molar-refractivity contribution in [2.45, 2.75) is 71.9 Å². The SMILES string of the molecule is Cc1cc(OCCC[C@H]2CCN(C(=O)OC(C)(C)C)[C@H](C)C2)ccc1Br. The molecule has 4 nitrogen and oxygen atoms in total. The van der Waals surface area contributed by atoms with Gasteiger partial charge in [0.2, 0.25) is 0 Å². The van der Waals surface area contributed by atoms with Gasteiger partial charge in [-0.2, -0.15) is 0 Å². The molecule has 1 saturated heterocycles. The van der Waals surface area contributed by atoms with Crippen LogP contribution in [0.1, 0.15) is 58.9 Å². The van der Waals surface area contributed by atoms with Crippen LogP contribution in [0.15, 0.2) is 22.7 Å². The second-order valence-corrected chi connectivity index (χ2v) is 9.17. The van der Waals surface area contributed by atoms with Crippen LogP contribution in [-0.4, -0.2) is 35.8 Å². The van der Waals surface area contributed by atoms with E-state index in [0.717, 1.165) is 49.1 Å². The van der Waals surface area contributed by atoms with Crippen LogP contribution in [0.5, 0.6) is 5.75 Å². The number of carbonyl (C=O) groups excluding carboxylic acids is 1. The maximum atomic E-state index is 12.3. The van der Waals surface area contributed by atoms with Crippen LogP contribution < -0.4 is 4.74 Å². The highest BCUT2D eigenvalue weighted by atomic mass is 79.9. The fourth-order valence-corrected chi connectivity index (χ4v) is 3.64. The number of aryl methyl sites for hydroxylation is 1. The maximum Gasteiger partial charge on any atom is 0.410 e. The van der Waals surface area contributed by atoms with Crippen LogP contribution in [0.3, 0.4) is 0 Å². The van der Waals surface area contributed by atoms with E-state index in [1.807, 2.05) is 37.8 Å². The van der Waals surface area contributed by atoms with Crippen LogP contribution in [0, 0.1) is 12.8 Å². The highest BCUT2D eigenvalue weighted by Gasteiger charge is 2.31. The van der Waals surface area contributed by atoms with E-state index in [1.54, 1.807) is 0 Å². The van der Waals surface area contributed by atoms with Gasteiger partial charge in [0.05, 0.1) is 6.61 Å². The maximum absolute atomic E-state index is 12.3. The molecule has 26 heavy (non-hydrogen) atoms. The number of ether oxygens (including phenoxy) is 2. The van der Waals surface area contributed by atoms with Gasteiger partial charge in [-0.1, -0.05) is 15.9 Å². The molecule has 0 N–H and O–H groups in total. The van der Waals surface area contributed by atoms with Crippen LogP contribution >= 0.6 is 15.9 Å². The van der Waals surface area contributed by atoms with Crippen molar-refractivity contribution in [2.24, 2.45) is 5.92 Å². The van der Waals surface area contributed by atoms with Gasteiger partial charge >= 0.3 is 6.09 Å². The molecule has 2 atom stereocenters. The fourth-order valence-electron chi connectivity index (χ4n) is 3.39. The summed E-state index contributed by atoms with van der Waals surface area (Å²) < 4.78 is 12.5. The Hall–Kier alpha value is -1.23. The Morgan fingerprint density at radius 1 is 1.35 bits per heavy atom. The van der Waals surface area contributed by atoms with Gasteiger partial charge in [-0.25, -0.2) is 4.79 Å². The van der Waals surface area contributed by atoms with Gasteiger partial charge in [-0.05, 0) is 90.0 Å². The molecule has 1 aromatic rings. The molecule has 1 fully saturated rings. The van der Waals surface area contributed by atoms with E-state index in [0.29, 0.717) is 5.92 Å². The Labute approximate surface area is 166 Å². The largest absolute Gasteiger partial charge is 0.494 e. The highest BCUT2D eigenvalue weighted by molar-refractivity contribution is 9.10. The standard InChI is InChI=1S/C21H32BrNO3/c1-15-13-18(8-9-19(15)22)25-12-6-7-17-10-11-23(16(2)14-17)20(24)26-21(3,4)5/h8-9,13,16-17H,6-7,10-12,14H2,1-5H3/t16-,17+/m1/s1. The molecule has 1 aliphatic heterocycles. The summed E-state index contributed by atoms with van der Waals surface area (Å²) in [5.74, 6) is 1.58. The summed E-state index contributed by atoms with van der Waals surface area (Å²) in [5.41, 5.74) is 0.752. The van der Waals surface area contributed by atoms with Crippen molar-refractivity contribution >= 4 is 22.0 Å². The smallest absolute Gasteiger partial charge is 0.410 e. The van der Waals surface area contributed by atoms with E-state index in [9.17, 15) is 4.79 Å². The minimum atomic E-state index is -0.434. The van der Waals surface area contributed by atoms with Crippen LogP contribution in [-0.2, 0) is 4.74 Å². The first-order valence-electron chi connectivity index (χ1n) is 9.54. The molecule has 2 rings (SSSR count). The zero-order chi connectivity index (χ0) is 19.3. The van der Waals surface area contributed by atoms with E-state index in [1.165, 1.54) is 5.56 Å². The number of nitrogens with zero attached hydrogens (tertiary/aromatic N) is 1. The molecular weight excluding hydrogens is 394 g/mol. The van der Waals surface area contributed by atoms with Gasteiger partial charge in [-0.3, -0.25) is 0 Å². The minimum Gasteiger partial charge on any atom is -0.494 e. The monoisotopic (exact) mass is 425 g/mol. The first-order valence-corrected chi connectivity index (χ1v) is 10.3. The lowest BCUT2D eigenvalue weighted by molar-refractivity contribution is 0.00646. The third kappa shape index (κ3) is 6.49. The van der Waals surface area contributed by atoms with E-state index in [-0.39, 0.29) is 12.1 Å². The number of hydrogen-bond donors (Lipinski definition) is 0. The molecule has 0 unspecified atom stereocenters. The van der Waals surface area contributed by atoms with E-state index >= 15 is 0 Å². The number of piperidine rings is 1. The van der Waals surface area contributed by atoms with Gasteiger partial charge in [0.1, 0.15) is 11.4 Å². The molecule has 1 amide bonds. The average molecular weight is 426 g/mol. The van der Waals surface area contributed by atoms with Gasteiger partial charge in [-0.15, -0.1) is 0 Å². The topological polar surface area (TPSA) is 38.8 Å². The van der Waals surface area contributed by atoms with Crippen LogP contribution in [0.4, 0.5) is 4.79 Å². The molecule has 0 radical (unpaired) electrons. The van der Waals surface area contributed by atoms with E-state index < -0.39 is 5.60 Å². The second kappa shape index (κ2) is 9.12. The van der Waals surface area contributed by atoms with Crippen molar-refractivity contribution in [3.63, 3.8) is 0 Å². The summed E-state index contributed by atoms with van der Waals surface area (Å²) in [4.78, 5) is 14.2. The lowest BCUT2D eigenvalue weighted by Crippen LogP contribution is -2.46. The summed E-state index contributed by atoms with van der Waals surface area (Å²) in [6.07, 6.45) is 4.08. The van der Waals surface area contributed by atoms with Crippen molar-refractivity contribution in [1.29, 1.82) is 0 Å². The average Bonchev–Trinajstić information content (AvgIpc) is 2.53. The third-order valence-corrected chi connectivity index (χ3v) is 5.66. The van der Waals surface area contributed by atoms with Gasteiger partial charge in [0, 0.05) is 17.1 Å². The third-order valence-electron chi connectivity index (χ3n) is 4.77. The Balaban J connectivity index is 1.70. The van der Waals surface area contributed by atoms with E-state index in [2.05, 4.69) is 35.8 Å². The fraction of sp³-hybridized carbons (Fsp3) is 0.667. The molecule has 0 spiro atoms. The van der Waals surface area contributed by atoms with Gasteiger partial charge in [0.15, 0.2) is 0 Å². The van der Waals surface area contributed by atoms with Crippen molar-refractivity contribution in [1.82, 2.24) is 4.90 Å². The number of rotatable bonds is 5. The Bertz CT molecular complexity index is 612. The number of benzene rings is 1. The molecule has 0 bridgehead atoms. The first kappa shape index (κ1) is 21.1. The Kier molecular flexibility index (Phi) is 7.39. The summed E-state index contributed by atoms with van der Waals surface area (Å²) >= 11 is 3.51. The number of halogens is 1. The highest BCUT2D eigenvalue weighted by Crippen LogP contribution is 2.28. The van der Waals surface area contributed by atoms with Crippen molar-refractivity contribution in [2.75, 3.05) is 13.2 Å². The first-order chi connectivity index (χ1) is 12.2. The Morgan fingerprint density at radius 3 is 2.69 bits per heavy atom. The van der Waals surface area contributed by atoms with Crippen LogP contribution in [0.25, 0.3) is 0 Å².